The van der Waals surface area contributed by atoms with E-state index in [1.54, 1.807) is 18.3 Å². The van der Waals surface area contributed by atoms with Crippen LogP contribution in [0.4, 0.5) is 0 Å². The molecule has 0 radical (unpaired) electrons. The van der Waals surface area contributed by atoms with Crippen LogP contribution in [0, 0.1) is 5.41 Å². The highest BCUT2D eigenvalue weighted by atomic mass is 16.4. The molecule has 0 bridgehead atoms. The molecule has 1 unspecified atom stereocenters. The zero-order valence-electron chi connectivity index (χ0n) is 13.7. The summed E-state index contributed by atoms with van der Waals surface area (Å²) in [5, 5.41) is 9.37. The Balaban J connectivity index is 1.57. The van der Waals surface area contributed by atoms with E-state index in [-0.39, 0.29) is 0 Å². The number of rotatable bonds is 4. The molecule has 1 aliphatic heterocycles. The highest BCUT2D eigenvalue weighted by Gasteiger charge is 2.50. The molecule has 4 heteroatoms. The molecule has 24 heavy (non-hydrogen) atoms. The first-order valence-electron chi connectivity index (χ1n) is 8.62. The van der Waals surface area contributed by atoms with E-state index in [4.69, 9.17) is 0 Å². The van der Waals surface area contributed by atoms with Crippen LogP contribution in [0.5, 0.6) is 0 Å². The summed E-state index contributed by atoms with van der Waals surface area (Å²) in [7, 11) is 0. The first-order valence-corrected chi connectivity index (χ1v) is 8.62. The summed E-state index contributed by atoms with van der Waals surface area (Å²) in [5.74, 6) is -0.347. The van der Waals surface area contributed by atoms with E-state index in [0.29, 0.717) is 29.1 Å². The van der Waals surface area contributed by atoms with Crippen molar-refractivity contribution in [3.05, 3.63) is 65.5 Å². The lowest BCUT2D eigenvalue weighted by molar-refractivity contribution is 0.0693. The van der Waals surface area contributed by atoms with Crippen molar-refractivity contribution in [2.75, 3.05) is 13.1 Å². The maximum Gasteiger partial charge on any atom is 0.337 e. The molecule has 2 aromatic rings. The highest BCUT2D eigenvalue weighted by Crippen LogP contribution is 2.55. The fraction of sp³-hybridized carbons (Fsp3) is 0.400. The topological polar surface area (TPSA) is 53.4 Å². The molecule has 2 fully saturated rings. The third kappa shape index (κ3) is 2.61. The average molecular weight is 322 g/mol. The first-order chi connectivity index (χ1) is 11.7. The lowest BCUT2D eigenvalue weighted by Gasteiger charge is -2.43. The number of pyridine rings is 1. The molecular formula is C20H22N2O2. The molecule has 2 aliphatic rings. The Labute approximate surface area is 142 Å². The molecule has 1 saturated carbocycles. The van der Waals surface area contributed by atoms with Crippen LogP contribution in [0.25, 0.3) is 0 Å². The molecule has 2 heterocycles. The predicted octanol–water partition coefficient (Wildman–Crippen LogP) is 3.55. The van der Waals surface area contributed by atoms with E-state index in [1.807, 2.05) is 0 Å². The van der Waals surface area contributed by atoms with Crippen molar-refractivity contribution in [1.82, 2.24) is 9.88 Å². The Hall–Kier alpha value is -2.20. The maximum absolute atomic E-state index is 11.4. The van der Waals surface area contributed by atoms with E-state index >= 15 is 0 Å². The van der Waals surface area contributed by atoms with E-state index in [1.165, 1.54) is 24.8 Å². The average Bonchev–Trinajstić information content (AvgIpc) is 2.96. The van der Waals surface area contributed by atoms with Crippen molar-refractivity contribution in [2.45, 2.75) is 31.7 Å². The fourth-order valence-corrected chi connectivity index (χ4v) is 4.44. The van der Waals surface area contributed by atoms with Crippen LogP contribution in [0.15, 0.2) is 48.7 Å². The zero-order valence-corrected chi connectivity index (χ0v) is 13.7. The third-order valence-corrected chi connectivity index (χ3v) is 5.76. The minimum absolute atomic E-state index is 0.323. The first kappa shape index (κ1) is 15.3. The molecule has 4 rings (SSSR count). The Morgan fingerprint density at radius 3 is 2.67 bits per heavy atom. The number of hydrogen-bond acceptors (Lipinski definition) is 3. The number of nitrogens with zero attached hydrogens (tertiary/aromatic N) is 2. The molecule has 1 aliphatic carbocycles. The van der Waals surface area contributed by atoms with Crippen LogP contribution in [0.2, 0.25) is 0 Å². The largest absolute Gasteiger partial charge is 0.478 e. The summed E-state index contributed by atoms with van der Waals surface area (Å²) in [6.45, 7) is 2.65. The SMILES string of the molecule is O=C(O)c1cccnc1CN1CC(c2ccccc2)C2(CCC2)C1. The van der Waals surface area contributed by atoms with E-state index in [2.05, 4.69) is 40.2 Å². The molecule has 0 amide bonds. The molecule has 1 aromatic heterocycles. The van der Waals surface area contributed by atoms with E-state index < -0.39 is 5.97 Å². The van der Waals surface area contributed by atoms with Gasteiger partial charge in [-0.05, 0) is 36.0 Å². The van der Waals surface area contributed by atoms with Crippen LogP contribution < -0.4 is 0 Å². The quantitative estimate of drug-likeness (QED) is 0.935. The van der Waals surface area contributed by atoms with Crippen LogP contribution >= 0.6 is 0 Å². The van der Waals surface area contributed by atoms with Gasteiger partial charge in [-0.15, -0.1) is 0 Å². The smallest absolute Gasteiger partial charge is 0.337 e. The molecule has 124 valence electrons. The van der Waals surface area contributed by atoms with Gasteiger partial charge in [0.25, 0.3) is 0 Å². The highest BCUT2D eigenvalue weighted by molar-refractivity contribution is 5.88. The Morgan fingerprint density at radius 1 is 1.21 bits per heavy atom. The summed E-state index contributed by atoms with van der Waals surface area (Å²) in [5.41, 5.74) is 2.79. The van der Waals surface area contributed by atoms with Crippen molar-refractivity contribution in [1.29, 1.82) is 0 Å². The Kier molecular flexibility index (Phi) is 3.85. The number of carboxylic acid groups (broad SMARTS) is 1. The van der Waals surface area contributed by atoms with Crippen LogP contribution in [0.3, 0.4) is 0 Å². The van der Waals surface area contributed by atoms with Crippen LogP contribution in [-0.2, 0) is 6.54 Å². The molecule has 1 atom stereocenters. The molecule has 1 aromatic carbocycles. The summed E-state index contributed by atoms with van der Waals surface area (Å²) in [6.07, 6.45) is 5.54. The van der Waals surface area contributed by atoms with Gasteiger partial charge in [0.2, 0.25) is 0 Å². The monoisotopic (exact) mass is 322 g/mol. The maximum atomic E-state index is 11.4. The normalized spacial score (nSPS) is 22.4. The minimum atomic E-state index is -0.893. The second-order valence-corrected chi connectivity index (χ2v) is 7.15. The number of likely N-dealkylation sites (tertiary alicyclic amines) is 1. The molecule has 1 saturated heterocycles. The van der Waals surface area contributed by atoms with Crippen molar-refractivity contribution in [2.24, 2.45) is 5.41 Å². The Morgan fingerprint density at radius 2 is 2.00 bits per heavy atom. The summed E-state index contributed by atoms with van der Waals surface area (Å²) >= 11 is 0. The number of carboxylic acids is 1. The van der Waals surface area contributed by atoms with Crippen molar-refractivity contribution in [3.8, 4) is 0 Å². The van der Waals surface area contributed by atoms with Crippen LogP contribution in [0.1, 0.15) is 46.8 Å². The van der Waals surface area contributed by atoms with E-state index in [9.17, 15) is 9.90 Å². The summed E-state index contributed by atoms with van der Waals surface area (Å²) < 4.78 is 0. The lowest BCUT2D eigenvalue weighted by atomic mass is 9.61. The van der Waals surface area contributed by atoms with Gasteiger partial charge < -0.3 is 5.11 Å². The van der Waals surface area contributed by atoms with Gasteiger partial charge in [0, 0.05) is 31.7 Å². The number of benzene rings is 1. The number of aromatic carboxylic acids is 1. The Bertz CT molecular complexity index is 740. The van der Waals surface area contributed by atoms with Gasteiger partial charge in [-0.3, -0.25) is 9.88 Å². The van der Waals surface area contributed by atoms with Crippen molar-refractivity contribution in [3.63, 3.8) is 0 Å². The second kappa shape index (κ2) is 6.02. The van der Waals surface area contributed by atoms with Gasteiger partial charge in [-0.1, -0.05) is 36.8 Å². The number of carbonyl (C=O) groups is 1. The van der Waals surface area contributed by atoms with Gasteiger partial charge in [0.05, 0.1) is 11.3 Å². The standard InChI is InChI=1S/C20H22N2O2/c23-19(24)16-8-4-11-21-18(16)13-22-12-17(15-6-2-1-3-7-15)20(14-22)9-5-10-20/h1-4,6-8,11,17H,5,9-10,12-14H2,(H,23,24). The van der Waals surface area contributed by atoms with Gasteiger partial charge in [0.15, 0.2) is 0 Å². The van der Waals surface area contributed by atoms with Crippen molar-refractivity contribution < 1.29 is 9.90 Å². The summed E-state index contributed by atoms with van der Waals surface area (Å²) in [4.78, 5) is 18.1. The fourth-order valence-electron chi connectivity index (χ4n) is 4.44. The zero-order chi connectivity index (χ0) is 16.6. The molecule has 4 nitrogen and oxygen atoms in total. The van der Waals surface area contributed by atoms with E-state index in [0.717, 1.165) is 13.1 Å². The van der Waals surface area contributed by atoms with Crippen LogP contribution in [-0.4, -0.2) is 34.0 Å². The van der Waals surface area contributed by atoms with Gasteiger partial charge in [-0.25, -0.2) is 4.79 Å². The molecule has 1 spiro atoms. The minimum Gasteiger partial charge on any atom is -0.478 e. The van der Waals surface area contributed by atoms with Gasteiger partial charge in [0.1, 0.15) is 0 Å². The van der Waals surface area contributed by atoms with Crippen molar-refractivity contribution >= 4 is 5.97 Å². The number of aromatic nitrogens is 1. The number of hydrogen-bond donors (Lipinski definition) is 1. The van der Waals surface area contributed by atoms with Gasteiger partial charge >= 0.3 is 5.97 Å². The molecular weight excluding hydrogens is 300 g/mol. The third-order valence-electron chi connectivity index (χ3n) is 5.76. The second-order valence-electron chi connectivity index (χ2n) is 7.15. The lowest BCUT2D eigenvalue weighted by Crippen LogP contribution is -2.36. The summed E-state index contributed by atoms with van der Waals surface area (Å²) in [6, 6.07) is 14.1. The predicted molar refractivity (Wildman–Crippen MR) is 91.9 cm³/mol. The van der Waals surface area contributed by atoms with Gasteiger partial charge in [-0.2, -0.15) is 0 Å². The molecule has 1 N–H and O–H groups in total.